The Hall–Kier alpha value is -2.72. The van der Waals surface area contributed by atoms with Crippen LogP contribution >= 0.6 is 11.8 Å². The fraction of sp³-hybridized carbons (Fsp3) is 0.0909. The van der Waals surface area contributed by atoms with Crippen molar-refractivity contribution >= 4 is 28.9 Å². The van der Waals surface area contributed by atoms with Crippen molar-refractivity contribution in [1.82, 2.24) is 0 Å². The smallest absolute Gasteiger partial charge is 0.174 e. The molecule has 0 saturated carbocycles. The number of halogens is 1. The molecule has 0 aromatic heterocycles. The van der Waals surface area contributed by atoms with Crippen LogP contribution in [0, 0.1) is 11.7 Å². The van der Waals surface area contributed by atoms with Crippen molar-refractivity contribution < 1.29 is 9.18 Å². The van der Waals surface area contributed by atoms with Gasteiger partial charge >= 0.3 is 0 Å². The summed E-state index contributed by atoms with van der Waals surface area (Å²) in [5.41, 5.74) is 4.27. The summed E-state index contributed by atoms with van der Waals surface area (Å²) in [5.74, 6) is -0.549. The first-order chi connectivity index (χ1) is 12.7. The summed E-state index contributed by atoms with van der Waals surface area (Å²) in [6.07, 6.45) is 0. The van der Waals surface area contributed by atoms with Crippen molar-refractivity contribution in [3.63, 3.8) is 0 Å². The highest BCUT2D eigenvalue weighted by molar-refractivity contribution is 7.99. The van der Waals surface area contributed by atoms with Crippen LogP contribution in [0.2, 0.25) is 0 Å². The lowest BCUT2D eigenvalue weighted by molar-refractivity contribution is 0.0960. The van der Waals surface area contributed by atoms with Gasteiger partial charge in [0.15, 0.2) is 5.78 Å². The number of carbonyl (C=O) groups excluding carboxylic acids is 1. The number of thioether (sulfide) groups is 1. The van der Waals surface area contributed by atoms with Crippen LogP contribution in [-0.4, -0.2) is 11.5 Å². The molecule has 2 atom stereocenters. The minimum atomic E-state index is -0.365. The Bertz CT molecular complexity index is 1060. The fourth-order valence-electron chi connectivity index (χ4n) is 3.69. The average Bonchev–Trinajstić information content (AvgIpc) is 2.84. The highest BCUT2D eigenvalue weighted by Gasteiger charge is 2.44. The zero-order valence-electron chi connectivity index (χ0n) is 13.7. The molecule has 0 unspecified atom stereocenters. The van der Waals surface area contributed by atoms with Crippen LogP contribution < -0.4 is 0 Å². The SMILES string of the molecule is O=C1c2ccccc2C2=Nc3ccccc3S[C@@H](c3ccc(F)cc3)[C@@H]12. The van der Waals surface area contributed by atoms with E-state index in [0.717, 1.165) is 33.0 Å². The van der Waals surface area contributed by atoms with E-state index in [9.17, 15) is 9.18 Å². The molecule has 126 valence electrons. The standard InChI is InChI=1S/C22H14FNOS/c23-14-11-9-13(10-12-14)22-19-20(15-5-1-2-6-16(15)21(19)25)24-17-7-3-4-8-18(17)26-22/h1-12,19,22H/t19-,22+/m1/s1. The molecule has 1 aliphatic heterocycles. The number of aliphatic imine (C=N–C) groups is 1. The molecule has 4 heteroatoms. The first-order valence-corrected chi connectivity index (χ1v) is 9.34. The van der Waals surface area contributed by atoms with E-state index in [4.69, 9.17) is 4.99 Å². The van der Waals surface area contributed by atoms with Gasteiger partial charge in [0.1, 0.15) is 5.82 Å². The molecule has 0 N–H and O–H groups in total. The van der Waals surface area contributed by atoms with Gasteiger partial charge in [-0.1, -0.05) is 48.5 Å². The third-order valence-corrected chi connectivity index (χ3v) is 6.30. The topological polar surface area (TPSA) is 29.4 Å². The average molecular weight is 359 g/mol. The number of Topliss-reactive ketones (excluding diaryl/α,β-unsaturated/α-hetero) is 1. The van der Waals surface area contributed by atoms with Gasteiger partial charge in [0, 0.05) is 16.0 Å². The molecule has 2 nitrogen and oxygen atoms in total. The molecule has 0 amide bonds. The second kappa shape index (κ2) is 5.92. The number of para-hydroxylation sites is 1. The van der Waals surface area contributed by atoms with Crippen LogP contribution in [-0.2, 0) is 0 Å². The number of fused-ring (bicyclic) bond motifs is 4. The lowest BCUT2D eigenvalue weighted by Crippen LogP contribution is -2.21. The van der Waals surface area contributed by atoms with Crippen LogP contribution in [0.1, 0.15) is 26.7 Å². The van der Waals surface area contributed by atoms with Crippen molar-refractivity contribution in [2.24, 2.45) is 10.9 Å². The summed E-state index contributed by atoms with van der Waals surface area (Å²) in [6, 6.07) is 22.0. The van der Waals surface area contributed by atoms with Crippen LogP contribution in [0.15, 0.2) is 82.7 Å². The monoisotopic (exact) mass is 359 g/mol. The van der Waals surface area contributed by atoms with Gasteiger partial charge in [-0.15, -0.1) is 11.8 Å². The van der Waals surface area contributed by atoms with E-state index in [2.05, 4.69) is 0 Å². The molecular formula is C22H14FNOS. The summed E-state index contributed by atoms with van der Waals surface area (Å²) < 4.78 is 13.4. The molecule has 5 rings (SSSR count). The maximum absolute atomic E-state index is 13.4. The second-order valence-corrected chi connectivity index (χ2v) is 7.63. The Kier molecular flexibility index (Phi) is 3.54. The molecule has 2 aliphatic rings. The Balaban J connectivity index is 1.75. The van der Waals surface area contributed by atoms with E-state index < -0.39 is 0 Å². The number of benzene rings is 3. The minimum Gasteiger partial charge on any atom is -0.293 e. The molecule has 26 heavy (non-hydrogen) atoms. The molecule has 0 radical (unpaired) electrons. The van der Waals surface area contributed by atoms with Gasteiger partial charge in [0.05, 0.1) is 22.6 Å². The van der Waals surface area contributed by atoms with E-state index >= 15 is 0 Å². The van der Waals surface area contributed by atoms with E-state index in [1.165, 1.54) is 12.1 Å². The van der Waals surface area contributed by atoms with E-state index in [1.807, 2.05) is 48.5 Å². The highest BCUT2D eigenvalue weighted by Crippen LogP contribution is 2.51. The van der Waals surface area contributed by atoms with Crippen LogP contribution in [0.25, 0.3) is 0 Å². The molecule has 1 heterocycles. The summed E-state index contributed by atoms with van der Waals surface area (Å²) in [6.45, 7) is 0. The summed E-state index contributed by atoms with van der Waals surface area (Å²) in [5, 5.41) is -0.141. The van der Waals surface area contributed by atoms with E-state index in [-0.39, 0.29) is 22.8 Å². The molecule has 1 aliphatic carbocycles. The summed E-state index contributed by atoms with van der Waals surface area (Å²) in [7, 11) is 0. The maximum Gasteiger partial charge on any atom is 0.174 e. The van der Waals surface area contributed by atoms with Gasteiger partial charge in [0.2, 0.25) is 0 Å². The maximum atomic E-state index is 13.4. The predicted octanol–water partition coefficient (Wildman–Crippen LogP) is 5.61. The number of ketones is 1. The number of nitrogens with zero attached hydrogens (tertiary/aromatic N) is 1. The fourth-order valence-corrected chi connectivity index (χ4v) is 5.03. The minimum absolute atomic E-state index is 0.0916. The molecule has 3 aromatic rings. The first kappa shape index (κ1) is 15.5. The number of rotatable bonds is 1. The van der Waals surface area contributed by atoms with E-state index in [0.29, 0.717) is 0 Å². The Morgan fingerprint density at radius 2 is 1.54 bits per heavy atom. The second-order valence-electron chi connectivity index (χ2n) is 6.44. The van der Waals surface area contributed by atoms with Crippen molar-refractivity contribution in [3.05, 3.63) is 95.3 Å². The number of hydrogen-bond acceptors (Lipinski definition) is 3. The summed E-state index contributed by atoms with van der Waals surface area (Å²) in [4.78, 5) is 19.1. The summed E-state index contributed by atoms with van der Waals surface area (Å²) >= 11 is 1.63. The van der Waals surface area contributed by atoms with Gasteiger partial charge in [-0.05, 0) is 29.8 Å². The van der Waals surface area contributed by atoms with Crippen LogP contribution in [0.3, 0.4) is 0 Å². The third kappa shape index (κ3) is 2.33. The molecule has 3 aromatic carbocycles. The number of carbonyl (C=O) groups is 1. The zero-order chi connectivity index (χ0) is 17.7. The molecule has 0 fully saturated rings. The van der Waals surface area contributed by atoms with E-state index in [1.54, 1.807) is 23.9 Å². The molecular weight excluding hydrogens is 345 g/mol. The first-order valence-electron chi connectivity index (χ1n) is 8.46. The Morgan fingerprint density at radius 3 is 2.35 bits per heavy atom. The Labute approximate surface area is 154 Å². The van der Waals surface area contributed by atoms with Gasteiger partial charge in [0.25, 0.3) is 0 Å². The van der Waals surface area contributed by atoms with Crippen LogP contribution in [0.4, 0.5) is 10.1 Å². The van der Waals surface area contributed by atoms with Gasteiger partial charge < -0.3 is 0 Å². The lowest BCUT2D eigenvalue weighted by atomic mass is 9.93. The van der Waals surface area contributed by atoms with Crippen LogP contribution in [0.5, 0.6) is 0 Å². The van der Waals surface area contributed by atoms with Gasteiger partial charge in [-0.3, -0.25) is 9.79 Å². The quantitative estimate of drug-likeness (QED) is 0.565. The van der Waals surface area contributed by atoms with Gasteiger partial charge in [-0.2, -0.15) is 0 Å². The number of hydrogen-bond donors (Lipinski definition) is 0. The van der Waals surface area contributed by atoms with Crippen molar-refractivity contribution in [3.8, 4) is 0 Å². The van der Waals surface area contributed by atoms with Crippen molar-refractivity contribution in [2.75, 3.05) is 0 Å². The Morgan fingerprint density at radius 1 is 0.846 bits per heavy atom. The normalized spacial score (nSPS) is 20.7. The molecule has 0 spiro atoms. The molecule has 0 saturated heterocycles. The zero-order valence-corrected chi connectivity index (χ0v) is 14.5. The molecule has 0 bridgehead atoms. The van der Waals surface area contributed by atoms with Crippen molar-refractivity contribution in [2.45, 2.75) is 10.1 Å². The van der Waals surface area contributed by atoms with Crippen molar-refractivity contribution in [1.29, 1.82) is 0 Å². The lowest BCUT2D eigenvalue weighted by Gasteiger charge is -2.21. The van der Waals surface area contributed by atoms with Gasteiger partial charge in [-0.25, -0.2) is 4.39 Å². The third-order valence-electron chi connectivity index (χ3n) is 4.91. The predicted molar refractivity (Wildman–Crippen MR) is 102 cm³/mol. The highest BCUT2D eigenvalue weighted by atomic mass is 32.2. The largest absolute Gasteiger partial charge is 0.293 e.